The van der Waals surface area contributed by atoms with E-state index in [0.717, 1.165) is 47.7 Å². The Balaban J connectivity index is 1.59. The second-order valence-electron chi connectivity index (χ2n) is 7.04. The van der Waals surface area contributed by atoms with Crippen LogP contribution in [0.25, 0.3) is 5.57 Å². The molecule has 1 aliphatic heterocycles. The fourth-order valence-electron chi connectivity index (χ4n) is 3.31. The van der Waals surface area contributed by atoms with Gasteiger partial charge >= 0.3 is 0 Å². The zero-order chi connectivity index (χ0) is 18.1. The van der Waals surface area contributed by atoms with Gasteiger partial charge in [-0.1, -0.05) is 0 Å². The van der Waals surface area contributed by atoms with Crippen LogP contribution in [0.5, 0.6) is 0 Å². The quantitative estimate of drug-likeness (QED) is 0.828. The number of allylic oxidation sites excluding steroid dienone is 1. The molecule has 0 aromatic carbocycles. The maximum atomic E-state index is 5.83. The topological polar surface area (TPSA) is 93.4 Å². The summed E-state index contributed by atoms with van der Waals surface area (Å²) in [6.45, 7) is 3.73. The van der Waals surface area contributed by atoms with Gasteiger partial charge in [-0.05, 0) is 43.0 Å². The van der Waals surface area contributed by atoms with Crippen molar-refractivity contribution in [1.29, 1.82) is 0 Å². The summed E-state index contributed by atoms with van der Waals surface area (Å²) in [6, 6.07) is 4.63. The highest BCUT2D eigenvalue weighted by molar-refractivity contribution is 6.09. The number of aryl methyl sites for hydroxylation is 1. The molecule has 4 rings (SSSR count). The molecule has 2 aromatic heterocycles. The Morgan fingerprint density at radius 2 is 2.12 bits per heavy atom. The Morgan fingerprint density at radius 1 is 1.27 bits per heavy atom. The predicted molar refractivity (Wildman–Crippen MR) is 106 cm³/mol. The Morgan fingerprint density at radius 3 is 2.85 bits per heavy atom. The number of pyridine rings is 2. The van der Waals surface area contributed by atoms with Crippen LogP contribution in [0.1, 0.15) is 35.2 Å². The standard InChI is InChI=1S/C20H24N6/c1-13-6-17(22)11-25-20(13)26-5-4-19-15(12-26)7-14(9-24-19)16(8-21)10-23-18-2-3-18/h6-11,18H,2-5,12,21-22H2,1H3. The van der Waals surface area contributed by atoms with Gasteiger partial charge in [0.05, 0.1) is 17.9 Å². The molecule has 0 spiro atoms. The first kappa shape index (κ1) is 16.6. The maximum absolute atomic E-state index is 5.83. The third kappa shape index (κ3) is 3.40. The van der Waals surface area contributed by atoms with Crippen LogP contribution in [0.2, 0.25) is 0 Å². The zero-order valence-electron chi connectivity index (χ0n) is 15.0. The van der Waals surface area contributed by atoms with Gasteiger partial charge < -0.3 is 16.4 Å². The monoisotopic (exact) mass is 348 g/mol. The lowest BCUT2D eigenvalue weighted by molar-refractivity contribution is 0.700. The summed E-state index contributed by atoms with van der Waals surface area (Å²) in [6.07, 6.45) is 10.4. The summed E-state index contributed by atoms with van der Waals surface area (Å²) >= 11 is 0. The minimum absolute atomic E-state index is 0.477. The SMILES string of the molecule is Cc1cc(N)cnc1N1CCc2ncc(C(C=NC3CC3)=CN)cc2C1. The van der Waals surface area contributed by atoms with Gasteiger partial charge in [-0.3, -0.25) is 9.98 Å². The van der Waals surface area contributed by atoms with Crippen LogP contribution < -0.4 is 16.4 Å². The van der Waals surface area contributed by atoms with Crippen LogP contribution in [0.4, 0.5) is 11.5 Å². The summed E-state index contributed by atoms with van der Waals surface area (Å²) in [5, 5.41) is 0. The van der Waals surface area contributed by atoms with Gasteiger partial charge in [0, 0.05) is 55.0 Å². The van der Waals surface area contributed by atoms with E-state index in [1.54, 1.807) is 12.4 Å². The molecule has 134 valence electrons. The molecule has 6 nitrogen and oxygen atoms in total. The number of nitrogens with zero attached hydrogens (tertiary/aromatic N) is 4. The molecule has 0 saturated heterocycles. The van der Waals surface area contributed by atoms with Crippen molar-refractivity contribution in [3.8, 4) is 0 Å². The molecule has 1 fully saturated rings. The number of anilines is 2. The third-order valence-corrected chi connectivity index (χ3v) is 4.90. The highest BCUT2D eigenvalue weighted by atomic mass is 15.2. The predicted octanol–water partition coefficient (Wildman–Crippen LogP) is 2.46. The number of fused-ring (bicyclic) bond motifs is 1. The molecule has 6 heteroatoms. The number of hydrogen-bond donors (Lipinski definition) is 2. The van der Waals surface area contributed by atoms with Crippen molar-refractivity contribution in [3.63, 3.8) is 0 Å². The van der Waals surface area contributed by atoms with Crippen molar-refractivity contribution in [2.45, 2.75) is 38.8 Å². The smallest absolute Gasteiger partial charge is 0.131 e. The van der Waals surface area contributed by atoms with Crippen LogP contribution in [0.3, 0.4) is 0 Å². The van der Waals surface area contributed by atoms with E-state index in [2.05, 4.69) is 25.9 Å². The lowest BCUT2D eigenvalue weighted by atomic mass is 10.0. The molecule has 4 N–H and O–H groups in total. The van der Waals surface area contributed by atoms with E-state index in [9.17, 15) is 0 Å². The lowest BCUT2D eigenvalue weighted by Gasteiger charge is -2.30. The Labute approximate surface area is 153 Å². The minimum atomic E-state index is 0.477. The van der Waals surface area contributed by atoms with Crippen molar-refractivity contribution in [1.82, 2.24) is 9.97 Å². The molecule has 0 radical (unpaired) electrons. The molecular weight excluding hydrogens is 324 g/mol. The second kappa shape index (κ2) is 6.78. The van der Waals surface area contributed by atoms with Gasteiger partial charge in [0.1, 0.15) is 5.82 Å². The highest BCUT2D eigenvalue weighted by Crippen LogP contribution is 2.28. The molecule has 2 aliphatic rings. The molecule has 1 aliphatic carbocycles. The molecule has 3 heterocycles. The second-order valence-corrected chi connectivity index (χ2v) is 7.04. The Kier molecular flexibility index (Phi) is 4.32. The normalized spacial score (nSPS) is 17.6. The summed E-state index contributed by atoms with van der Waals surface area (Å²) in [5.74, 6) is 0.986. The van der Waals surface area contributed by atoms with Gasteiger partial charge in [0.2, 0.25) is 0 Å². The number of aromatic nitrogens is 2. The van der Waals surface area contributed by atoms with Crippen molar-refractivity contribution in [3.05, 3.63) is 53.1 Å². The van der Waals surface area contributed by atoms with E-state index >= 15 is 0 Å². The molecule has 0 unspecified atom stereocenters. The molecule has 26 heavy (non-hydrogen) atoms. The van der Waals surface area contributed by atoms with Gasteiger partial charge in [0.25, 0.3) is 0 Å². The van der Waals surface area contributed by atoms with Crippen LogP contribution >= 0.6 is 0 Å². The summed E-state index contributed by atoms with van der Waals surface area (Å²) in [7, 11) is 0. The zero-order valence-corrected chi connectivity index (χ0v) is 15.0. The number of nitrogen functional groups attached to an aromatic ring is 1. The van der Waals surface area contributed by atoms with Crippen LogP contribution in [0.15, 0.2) is 35.7 Å². The highest BCUT2D eigenvalue weighted by Gasteiger charge is 2.21. The first-order valence-electron chi connectivity index (χ1n) is 9.04. The molecule has 1 saturated carbocycles. The van der Waals surface area contributed by atoms with E-state index in [4.69, 9.17) is 11.5 Å². The van der Waals surface area contributed by atoms with Crippen LogP contribution in [0, 0.1) is 6.92 Å². The van der Waals surface area contributed by atoms with E-state index in [-0.39, 0.29) is 0 Å². The lowest BCUT2D eigenvalue weighted by Crippen LogP contribution is -2.32. The molecule has 2 aromatic rings. The number of nitrogens with two attached hydrogens (primary N) is 2. The fraction of sp³-hybridized carbons (Fsp3) is 0.350. The molecule has 0 atom stereocenters. The van der Waals surface area contributed by atoms with Gasteiger partial charge in [-0.2, -0.15) is 0 Å². The fourth-order valence-corrected chi connectivity index (χ4v) is 3.31. The van der Waals surface area contributed by atoms with E-state index < -0.39 is 0 Å². The number of hydrogen-bond acceptors (Lipinski definition) is 6. The van der Waals surface area contributed by atoms with Gasteiger partial charge in [0.15, 0.2) is 0 Å². The number of aliphatic imine (C=N–C) groups is 1. The average Bonchev–Trinajstić information content (AvgIpc) is 3.46. The molecular formula is C20H24N6. The number of rotatable bonds is 4. The van der Waals surface area contributed by atoms with Crippen molar-refractivity contribution in [2.24, 2.45) is 10.7 Å². The van der Waals surface area contributed by atoms with E-state index in [1.807, 2.05) is 25.4 Å². The Hall–Kier alpha value is -2.89. The maximum Gasteiger partial charge on any atom is 0.131 e. The van der Waals surface area contributed by atoms with Crippen LogP contribution in [-0.4, -0.2) is 28.8 Å². The first-order valence-corrected chi connectivity index (χ1v) is 9.04. The van der Waals surface area contributed by atoms with Crippen molar-refractivity contribution < 1.29 is 0 Å². The summed E-state index contributed by atoms with van der Waals surface area (Å²) in [5.41, 5.74) is 17.7. The van der Waals surface area contributed by atoms with E-state index in [1.165, 1.54) is 18.4 Å². The van der Waals surface area contributed by atoms with Crippen molar-refractivity contribution in [2.75, 3.05) is 17.2 Å². The van der Waals surface area contributed by atoms with Gasteiger partial charge in [-0.15, -0.1) is 0 Å². The van der Waals surface area contributed by atoms with E-state index in [0.29, 0.717) is 11.7 Å². The summed E-state index contributed by atoms with van der Waals surface area (Å²) in [4.78, 5) is 16.0. The average molecular weight is 348 g/mol. The van der Waals surface area contributed by atoms with Gasteiger partial charge in [-0.25, -0.2) is 4.98 Å². The molecule has 0 amide bonds. The third-order valence-electron chi connectivity index (χ3n) is 4.90. The first-order chi connectivity index (χ1) is 12.6. The molecule has 0 bridgehead atoms. The summed E-state index contributed by atoms with van der Waals surface area (Å²) < 4.78 is 0. The Bertz CT molecular complexity index is 882. The minimum Gasteiger partial charge on any atom is -0.404 e. The largest absolute Gasteiger partial charge is 0.404 e. The van der Waals surface area contributed by atoms with Crippen molar-refractivity contribution >= 4 is 23.3 Å². The van der Waals surface area contributed by atoms with Crippen LogP contribution in [-0.2, 0) is 13.0 Å².